The van der Waals surface area contributed by atoms with Crippen LogP contribution in [0.15, 0.2) is 30.5 Å². The standard InChI is InChI=1S/C13H6Cl2FN3O2/c14-9-4-7(16)1-2-8(9)11-17-18-12-10(15)3-6(13(20)21)5-19(11)12/h1-5H,(H,20,21). The third-order valence-corrected chi connectivity index (χ3v) is 3.47. The number of halogens is 3. The lowest BCUT2D eigenvalue weighted by Crippen LogP contribution is -2.00. The van der Waals surface area contributed by atoms with E-state index in [0.717, 1.165) is 6.07 Å². The van der Waals surface area contributed by atoms with Crippen LogP contribution in [0.3, 0.4) is 0 Å². The Morgan fingerprint density at radius 2 is 1.95 bits per heavy atom. The fourth-order valence-electron chi connectivity index (χ4n) is 1.93. The first-order valence-electron chi connectivity index (χ1n) is 5.70. The van der Waals surface area contributed by atoms with E-state index in [1.54, 1.807) is 0 Å². The fourth-order valence-corrected chi connectivity index (χ4v) is 2.42. The molecule has 1 aromatic carbocycles. The molecule has 21 heavy (non-hydrogen) atoms. The molecule has 5 nitrogen and oxygen atoms in total. The maximum atomic E-state index is 13.1. The van der Waals surface area contributed by atoms with Crippen molar-refractivity contribution in [3.8, 4) is 11.4 Å². The van der Waals surface area contributed by atoms with Gasteiger partial charge in [0.1, 0.15) is 5.82 Å². The molecule has 2 aromatic heterocycles. The van der Waals surface area contributed by atoms with Crippen LogP contribution < -0.4 is 0 Å². The molecule has 0 spiro atoms. The summed E-state index contributed by atoms with van der Waals surface area (Å²) in [6, 6.07) is 5.09. The second-order valence-electron chi connectivity index (χ2n) is 4.22. The van der Waals surface area contributed by atoms with Gasteiger partial charge in [0.25, 0.3) is 0 Å². The number of nitrogens with zero attached hydrogens (tertiary/aromatic N) is 3. The van der Waals surface area contributed by atoms with Crippen LogP contribution in [0.5, 0.6) is 0 Å². The van der Waals surface area contributed by atoms with Crippen LogP contribution in [0.25, 0.3) is 17.0 Å². The highest BCUT2D eigenvalue weighted by atomic mass is 35.5. The number of aromatic nitrogens is 3. The Morgan fingerprint density at radius 1 is 1.19 bits per heavy atom. The second kappa shape index (κ2) is 4.98. The van der Waals surface area contributed by atoms with Gasteiger partial charge in [-0.2, -0.15) is 0 Å². The van der Waals surface area contributed by atoms with Crippen LogP contribution in [0, 0.1) is 5.82 Å². The van der Waals surface area contributed by atoms with Crippen LogP contribution in [0.4, 0.5) is 4.39 Å². The molecule has 0 amide bonds. The number of rotatable bonds is 2. The molecule has 8 heteroatoms. The van der Waals surface area contributed by atoms with Gasteiger partial charge in [0.05, 0.1) is 15.6 Å². The molecular weight excluding hydrogens is 320 g/mol. The molecule has 0 saturated carbocycles. The van der Waals surface area contributed by atoms with E-state index < -0.39 is 11.8 Å². The van der Waals surface area contributed by atoms with Crippen molar-refractivity contribution in [3.63, 3.8) is 0 Å². The molecule has 2 heterocycles. The van der Waals surface area contributed by atoms with Gasteiger partial charge < -0.3 is 5.11 Å². The Kier molecular flexibility index (Phi) is 3.27. The van der Waals surface area contributed by atoms with Gasteiger partial charge in [-0.05, 0) is 24.3 Å². The molecule has 0 aliphatic heterocycles. The van der Waals surface area contributed by atoms with Crippen molar-refractivity contribution in [1.82, 2.24) is 14.6 Å². The van der Waals surface area contributed by atoms with E-state index in [-0.39, 0.29) is 27.1 Å². The molecule has 0 atom stereocenters. The summed E-state index contributed by atoms with van der Waals surface area (Å²) in [6.07, 6.45) is 1.33. The molecular formula is C13H6Cl2FN3O2. The maximum absolute atomic E-state index is 13.1. The monoisotopic (exact) mass is 325 g/mol. The van der Waals surface area contributed by atoms with Gasteiger partial charge in [0.15, 0.2) is 11.5 Å². The molecule has 0 aliphatic rings. The van der Waals surface area contributed by atoms with Gasteiger partial charge in [0.2, 0.25) is 0 Å². The highest BCUT2D eigenvalue weighted by molar-refractivity contribution is 6.34. The Balaban J connectivity index is 2.30. The average Bonchev–Trinajstić information content (AvgIpc) is 2.83. The number of carboxylic acid groups (broad SMARTS) is 1. The lowest BCUT2D eigenvalue weighted by atomic mass is 10.2. The van der Waals surface area contributed by atoms with Crippen LogP contribution >= 0.6 is 23.2 Å². The highest BCUT2D eigenvalue weighted by Crippen LogP contribution is 2.29. The SMILES string of the molecule is O=C(O)c1cc(Cl)c2nnc(-c3ccc(F)cc3Cl)n2c1. The summed E-state index contributed by atoms with van der Waals surface area (Å²) in [7, 11) is 0. The molecule has 106 valence electrons. The van der Waals surface area contributed by atoms with E-state index in [1.807, 2.05) is 0 Å². The van der Waals surface area contributed by atoms with Crippen LogP contribution in [-0.2, 0) is 0 Å². The molecule has 0 unspecified atom stereocenters. The van der Waals surface area contributed by atoms with E-state index in [9.17, 15) is 9.18 Å². The van der Waals surface area contributed by atoms with Crippen molar-refractivity contribution in [2.24, 2.45) is 0 Å². The minimum atomic E-state index is -1.14. The molecule has 3 aromatic rings. The quantitative estimate of drug-likeness (QED) is 0.782. The van der Waals surface area contributed by atoms with Crippen molar-refractivity contribution >= 4 is 34.8 Å². The summed E-state index contributed by atoms with van der Waals surface area (Å²) in [5.41, 5.74) is 0.688. The fraction of sp³-hybridized carbons (Fsp3) is 0. The largest absolute Gasteiger partial charge is 0.478 e. The van der Waals surface area contributed by atoms with Crippen molar-refractivity contribution in [2.45, 2.75) is 0 Å². The predicted octanol–water partition coefficient (Wildman–Crippen LogP) is 3.54. The number of carboxylic acids is 1. The molecule has 0 saturated heterocycles. The predicted molar refractivity (Wildman–Crippen MR) is 75.4 cm³/mol. The van der Waals surface area contributed by atoms with Crippen LogP contribution in [-0.4, -0.2) is 25.7 Å². The van der Waals surface area contributed by atoms with Gasteiger partial charge in [-0.25, -0.2) is 9.18 Å². The Labute approximate surface area is 127 Å². The van der Waals surface area contributed by atoms with Gasteiger partial charge in [-0.15, -0.1) is 10.2 Å². The number of carbonyl (C=O) groups is 1. The first-order chi connectivity index (χ1) is 9.97. The van der Waals surface area contributed by atoms with Crippen molar-refractivity contribution in [1.29, 1.82) is 0 Å². The summed E-state index contributed by atoms with van der Waals surface area (Å²) in [4.78, 5) is 11.1. The minimum Gasteiger partial charge on any atom is -0.478 e. The van der Waals surface area contributed by atoms with Crippen molar-refractivity contribution < 1.29 is 14.3 Å². The van der Waals surface area contributed by atoms with Crippen LogP contribution in [0.2, 0.25) is 10.0 Å². The first kappa shape index (κ1) is 13.8. The summed E-state index contributed by atoms with van der Waals surface area (Å²) < 4.78 is 14.5. The number of pyridine rings is 1. The number of benzene rings is 1. The summed E-state index contributed by atoms with van der Waals surface area (Å²) in [5.74, 6) is -1.34. The number of fused-ring (bicyclic) bond motifs is 1. The van der Waals surface area contributed by atoms with Crippen molar-refractivity contribution in [3.05, 3.63) is 51.9 Å². The lowest BCUT2D eigenvalue weighted by molar-refractivity contribution is 0.0696. The highest BCUT2D eigenvalue weighted by Gasteiger charge is 2.16. The normalized spacial score (nSPS) is 11.0. The van der Waals surface area contributed by atoms with Gasteiger partial charge in [-0.1, -0.05) is 23.2 Å². The molecule has 0 fully saturated rings. The van der Waals surface area contributed by atoms with E-state index in [2.05, 4.69) is 10.2 Å². The zero-order valence-electron chi connectivity index (χ0n) is 10.2. The molecule has 1 N–H and O–H groups in total. The van der Waals surface area contributed by atoms with E-state index in [1.165, 1.54) is 28.8 Å². The van der Waals surface area contributed by atoms with E-state index in [0.29, 0.717) is 5.56 Å². The Bertz CT molecular complexity index is 879. The van der Waals surface area contributed by atoms with Gasteiger partial charge in [-0.3, -0.25) is 4.40 Å². The molecule has 0 aliphatic carbocycles. The smallest absolute Gasteiger partial charge is 0.337 e. The van der Waals surface area contributed by atoms with Gasteiger partial charge in [0, 0.05) is 11.8 Å². The molecule has 3 rings (SSSR count). The molecule has 0 bridgehead atoms. The number of aromatic carboxylic acids is 1. The zero-order valence-corrected chi connectivity index (χ0v) is 11.7. The van der Waals surface area contributed by atoms with Crippen LogP contribution in [0.1, 0.15) is 10.4 Å². The second-order valence-corrected chi connectivity index (χ2v) is 5.04. The summed E-state index contributed by atoms with van der Waals surface area (Å²) in [6.45, 7) is 0. The Morgan fingerprint density at radius 3 is 2.62 bits per heavy atom. The third kappa shape index (κ3) is 2.32. The maximum Gasteiger partial charge on any atom is 0.337 e. The zero-order chi connectivity index (χ0) is 15.1. The van der Waals surface area contributed by atoms with E-state index in [4.69, 9.17) is 28.3 Å². The number of hydrogen-bond acceptors (Lipinski definition) is 3. The topological polar surface area (TPSA) is 67.5 Å². The minimum absolute atomic E-state index is 0.0215. The Hall–Kier alpha value is -2.18. The third-order valence-electron chi connectivity index (χ3n) is 2.88. The first-order valence-corrected chi connectivity index (χ1v) is 6.46. The summed E-state index contributed by atoms with van der Waals surface area (Å²) in [5, 5.41) is 17.2. The number of hydrogen-bond donors (Lipinski definition) is 1. The average molecular weight is 326 g/mol. The lowest BCUT2D eigenvalue weighted by Gasteiger charge is -2.04. The van der Waals surface area contributed by atoms with Gasteiger partial charge >= 0.3 is 5.97 Å². The van der Waals surface area contributed by atoms with E-state index >= 15 is 0 Å². The summed E-state index contributed by atoms with van der Waals surface area (Å²) >= 11 is 12.0. The molecule has 0 radical (unpaired) electrons. The van der Waals surface area contributed by atoms with Crippen molar-refractivity contribution in [2.75, 3.05) is 0 Å².